The van der Waals surface area contributed by atoms with Gasteiger partial charge in [-0.2, -0.15) is 5.10 Å². The molecule has 0 saturated carbocycles. The fraction of sp³-hybridized carbons (Fsp3) is 0.643. The first kappa shape index (κ1) is 14.1. The van der Waals surface area contributed by atoms with Crippen molar-refractivity contribution in [3.63, 3.8) is 0 Å². The van der Waals surface area contributed by atoms with Gasteiger partial charge in [0.1, 0.15) is 0 Å². The molecule has 7 nitrogen and oxygen atoms in total. The third-order valence-corrected chi connectivity index (χ3v) is 4.89. The van der Waals surface area contributed by atoms with E-state index in [9.17, 15) is 14.7 Å². The highest BCUT2D eigenvalue weighted by atomic mass is 16.5. The van der Waals surface area contributed by atoms with Crippen molar-refractivity contribution in [2.45, 2.75) is 13.3 Å². The molecule has 0 radical (unpaired) electrons. The topological polar surface area (TPSA) is 84.7 Å². The van der Waals surface area contributed by atoms with Crippen LogP contribution in [0.1, 0.15) is 22.5 Å². The number of nitrogens with zero attached hydrogens (tertiary/aromatic N) is 3. The van der Waals surface area contributed by atoms with Crippen molar-refractivity contribution >= 4 is 11.9 Å². The van der Waals surface area contributed by atoms with Gasteiger partial charge in [-0.1, -0.05) is 0 Å². The number of aryl methyl sites for hydroxylation is 1. The van der Waals surface area contributed by atoms with Crippen LogP contribution >= 0.6 is 0 Å². The van der Waals surface area contributed by atoms with Gasteiger partial charge in [-0.25, -0.2) is 0 Å². The number of aliphatic carboxylic acids is 1. The number of ether oxygens (including phenoxy) is 1. The molecule has 1 amide bonds. The largest absolute Gasteiger partial charge is 0.481 e. The van der Waals surface area contributed by atoms with Crippen LogP contribution in [0.5, 0.6) is 0 Å². The summed E-state index contributed by atoms with van der Waals surface area (Å²) in [7, 11) is 1.78. The molecule has 0 spiro atoms. The Balaban J connectivity index is 1.87. The lowest BCUT2D eigenvalue weighted by molar-refractivity contribution is -0.157. The molecule has 21 heavy (non-hydrogen) atoms. The van der Waals surface area contributed by atoms with Gasteiger partial charge in [0.25, 0.3) is 5.91 Å². The second kappa shape index (κ2) is 4.84. The van der Waals surface area contributed by atoms with Gasteiger partial charge in [-0.3, -0.25) is 14.3 Å². The Kier molecular flexibility index (Phi) is 3.24. The number of carboxylic acids is 1. The van der Waals surface area contributed by atoms with Crippen LogP contribution in [0, 0.1) is 18.3 Å². The number of carbonyl (C=O) groups is 2. The lowest BCUT2D eigenvalue weighted by atomic mass is 9.74. The van der Waals surface area contributed by atoms with Crippen LogP contribution in [0.25, 0.3) is 0 Å². The maximum atomic E-state index is 12.6. The van der Waals surface area contributed by atoms with Crippen LogP contribution in [0.4, 0.5) is 0 Å². The van der Waals surface area contributed by atoms with E-state index in [2.05, 4.69) is 5.10 Å². The minimum Gasteiger partial charge on any atom is -0.481 e. The average Bonchev–Trinajstić information content (AvgIpc) is 3.01. The van der Waals surface area contributed by atoms with E-state index in [0.717, 1.165) is 5.69 Å². The number of carboxylic acid groups (broad SMARTS) is 1. The molecular formula is C14H19N3O4. The molecule has 7 heteroatoms. The average molecular weight is 293 g/mol. The highest BCUT2D eigenvalue weighted by Crippen LogP contribution is 2.42. The number of amides is 1. The molecule has 3 rings (SSSR count). The van der Waals surface area contributed by atoms with E-state index >= 15 is 0 Å². The summed E-state index contributed by atoms with van der Waals surface area (Å²) in [5.41, 5.74) is 0.470. The van der Waals surface area contributed by atoms with Gasteiger partial charge < -0.3 is 14.7 Å². The first-order chi connectivity index (χ1) is 9.95. The summed E-state index contributed by atoms with van der Waals surface area (Å²) in [6, 6.07) is 0. The Hall–Kier alpha value is -1.89. The summed E-state index contributed by atoms with van der Waals surface area (Å²) in [5, 5.41) is 13.7. The molecule has 2 aliphatic rings. The third-order valence-electron chi connectivity index (χ3n) is 4.89. The van der Waals surface area contributed by atoms with Crippen LogP contribution < -0.4 is 0 Å². The summed E-state index contributed by atoms with van der Waals surface area (Å²) in [6.45, 7) is 3.36. The van der Waals surface area contributed by atoms with Crippen molar-refractivity contribution in [3.8, 4) is 0 Å². The first-order valence-corrected chi connectivity index (χ1v) is 7.05. The molecule has 1 N–H and O–H groups in total. The molecule has 0 aliphatic carbocycles. The minimum atomic E-state index is -0.857. The highest BCUT2D eigenvalue weighted by molar-refractivity contribution is 5.96. The van der Waals surface area contributed by atoms with Crippen molar-refractivity contribution in [2.24, 2.45) is 18.4 Å². The van der Waals surface area contributed by atoms with Crippen molar-refractivity contribution in [2.75, 3.05) is 26.3 Å². The SMILES string of the molecule is Cc1c(C(=O)N2C[C@H]3COCC[C@@]3(C(=O)O)C2)cnn1C. The Labute approximate surface area is 122 Å². The number of fused-ring (bicyclic) bond motifs is 1. The van der Waals surface area contributed by atoms with E-state index in [1.54, 1.807) is 22.8 Å². The van der Waals surface area contributed by atoms with Crippen LogP contribution in [0.2, 0.25) is 0 Å². The molecular weight excluding hydrogens is 274 g/mol. The molecule has 2 atom stereocenters. The van der Waals surface area contributed by atoms with Crippen molar-refractivity contribution in [3.05, 3.63) is 17.5 Å². The minimum absolute atomic E-state index is 0.135. The van der Waals surface area contributed by atoms with Crippen molar-refractivity contribution < 1.29 is 19.4 Å². The molecule has 2 fully saturated rings. The normalized spacial score (nSPS) is 28.5. The van der Waals surface area contributed by atoms with Gasteiger partial charge in [0.2, 0.25) is 0 Å². The van der Waals surface area contributed by atoms with Crippen molar-refractivity contribution in [1.29, 1.82) is 0 Å². The standard InChI is InChI=1S/C14H19N3O4/c1-9-11(5-15-16(9)2)12(18)17-6-10-7-21-4-3-14(10,8-17)13(19)20/h5,10H,3-4,6-8H2,1-2H3,(H,19,20)/t10-,14+/m0/s1. The van der Waals surface area contributed by atoms with E-state index in [-0.39, 0.29) is 18.4 Å². The zero-order valence-electron chi connectivity index (χ0n) is 12.2. The quantitative estimate of drug-likeness (QED) is 0.847. The Morgan fingerprint density at radius 2 is 2.29 bits per heavy atom. The second-order valence-electron chi connectivity index (χ2n) is 5.94. The van der Waals surface area contributed by atoms with Gasteiger partial charge in [0.05, 0.1) is 23.8 Å². The second-order valence-corrected chi connectivity index (χ2v) is 5.94. The summed E-state index contributed by atoms with van der Waals surface area (Å²) >= 11 is 0. The molecule has 2 saturated heterocycles. The maximum absolute atomic E-state index is 12.6. The number of carbonyl (C=O) groups excluding carboxylic acids is 1. The number of rotatable bonds is 2. The molecule has 0 bridgehead atoms. The van der Waals surface area contributed by atoms with E-state index in [1.807, 2.05) is 6.92 Å². The van der Waals surface area contributed by atoms with Crippen LogP contribution in [0.3, 0.4) is 0 Å². The van der Waals surface area contributed by atoms with E-state index in [1.165, 1.54) is 0 Å². The van der Waals surface area contributed by atoms with Gasteiger partial charge in [-0.15, -0.1) is 0 Å². The summed E-state index contributed by atoms with van der Waals surface area (Å²) in [5.74, 6) is -1.10. The predicted molar refractivity (Wildman–Crippen MR) is 72.8 cm³/mol. The molecule has 0 aromatic carbocycles. The molecule has 114 valence electrons. The molecule has 2 aliphatic heterocycles. The molecule has 1 aromatic heterocycles. The summed E-state index contributed by atoms with van der Waals surface area (Å²) in [4.78, 5) is 26.0. The lowest BCUT2D eigenvalue weighted by Gasteiger charge is -2.33. The van der Waals surface area contributed by atoms with Gasteiger partial charge >= 0.3 is 5.97 Å². The third kappa shape index (κ3) is 2.03. The van der Waals surface area contributed by atoms with Gasteiger partial charge in [0, 0.05) is 38.4 Å². The summed E-state index contributed by atoms with van der Waals surface area (Å²) in [6.07, 6.45) is 2.01. The Morgan fingerprint density at radius 1 is 1.52 bits per heavy atom. The Morgan fingerprint density at radius 3 is 2.86 bits per heavy atom. The van der Waals surface area contributed by atoms with E-state index < -0.39 is 11.4 Å². The van der Waals surface area contributed by atoms with Gasteiger partial charge in [-0.05, 0) is 13.3 Å². The van der Waals surface area contributed by atoms with E-state index in [4.69, 9.17) is 4.74 Å². The maximum Gasteiger partial charge on any atom is 0.311 e. The fourth-order valence-electron chi connectivity index (χ4n) is 3.33. The highest BCUT2D eigenvalue weighted by Gasteiger charge is 2.55. The molecule has 0 unspecified atom stereocenters. The smallest absolute Gasteiger partial charge is 0.311 e. The predicted octanol–water partition coefficient (Wildman–Crippen LogP) is 0.292. The zero-order valence-corrected chi connectivity index (χ0v) is 12.2. The van der Waals surface area contributed by atoms with Crippen molar-refractivity contribution in [1.82, 2.24) is 14.7 Å². The zero-order chi connectivity index (χ0) is 15.2. The van der Waals surface area contributed by atoms with Crippen LogP contribution in [-0.2, 0) is 16.6 Å². The van der Waals surface area contributed by atoms with Crippen LogP contribution in [0.15, 0.2) is 6.20 Å². The number of aromatic nitrogens is 2. The first-order valence-electron chi connectivity index (χ1n) is 7.05. The molecule has 3 heterocycles. The van der Waals surface area contributed by atoms with Crippen LogP contribution in [-0.4, -0.2) is 58.0 Å². The Bertz CT molecular complexity index is 597. The van der Waals surface area contributed by atoms with Gasteiger partial charge in [0.15, 0.2) is 0 Å². The fourth-order valence-corrected chi connectivity index (χ4v) is 3.33. The number of likely N-dealkylation sites (tertiary alicyclic amines) is 1. The number of hydrogen-bond donors (Lipinski definition) is 1. The molecule has 1 aromatic rings. The number of hydrogen-bond acceptors (Lipinski definition) is 4. The van der Waals surface area contributed by atoms with E-state index in [0.29, 0.717) is 31.7 Å². The lowest BCUT2D eigenvalue weighted by Crippen LogP contribution is -2.45. The summed E-state index contributed by atoms with van der Waals surface area (Å²) < 4.78 is 7.05. The monoisotopic (exact) mass is 293 g/mol.